The summed E-state index contributed by atoms with van der Waals surface area (Å²) in [6, 6.07) is 22.3. The summed E-state index contributed by atoms with van der Waals surface area (Å²) in [7, 11) is 0. The van der Waals surface area contributed by atoms with Crippen LogP contribution < -0.4 is 16.0 Å². The number of hydrogen-bond acceptors (Lipinski definition) is 3. The van der Waals surface area contributed by atoms with Gasteiger partial charge in [-0.2, -0.15) is 0 Å². The molecular formula is C21H17Cl2N3OS2. The second-order valence-corrected chi connectivity index (χ2v) is 8.23. The van der Waals surface area contributed by atoms with E-state index in [1.54, 1.807) is 18.2 Å². The first-order valence-electron chi connectivity index (χ1n) is 8.60. The number of hydrogen-bond donors (Lipinski definition) is 3. The molecule has 0 aliphatic rings. The predicted octanol–water partition coefficient (Wildman–Crippen LogP) is 6.53. The molecule has 3 N–H and O–H groups in total. The molecule has 0 bridgehead atoms. The third kappa shape index (κ3) is 6.94. The van der Waals surface area contributed by atoms with Gasteiger partial charge in [-0.05, 0) is 60.7 Å². The smallest absolute Gasteiger partial charge is 0.234 e. The van der Waals surface area contributed by atoms with Crippen LogP contribution in [0.5, 0.6) is 0 Å². The molecule has 0 aliphatic carbocycles. The fourth-order valence-electron chi connectivity index (χ4n) is 2.40. The van der Waals surface area contributed by atoms with Gasteiger partial charge < -0.3 is 16.0 Å². The molecule has 1 amide bonds. The number of para-hydroxylation sites is 1. The Bertz CT molecular complexity index is 1020. The zero-order valence-electron chi connectivity index (χ0n) is 15.1. The van der Waals surface area contributed by atoms with E-state index in [1.165, 1.54) is 11.8 Å². The number of carbonyl (C=O) groups excluding carboxylic acids is 1. The van der Waals surface area contributed by atoms with Crippen molar-refractivity contribution in [3.05, 3.63) is 82.8 Å². The predicted molar refractivity (Wildman–Crippen MR) is 129 cm³/mol. The summed E-state index contributed by atoms with van der Waals surface area (Å²) in [5.74, 6) is 0.0913. The normalized spacial score (nSPS) is 10.3. The summed E-state index contributed by atoms with van der Waals surface area (Å²) in [6.07, 6.45) is 0. The lowest BCUT2D eigenvalue weighted by Gasteiger charge is -2.11. The minimum absolute atomic E-state index is 0.154. The van der Waals surface area contributed by atoms with Crippen LogP contribution in [0.4, 0.5) is 17.1 Å². The highest BCUT2D eigenvalue weighted by molar-refractivity contribution is 8.00. The molecule has 0 fully saturated rings. The second kappa shape index (κ2) is 10.5. The van der Waals surface area contributed by atoms with Crippen molar-refractivity contribution in [3.8, 4) is 0 Å². The van der Waals surface area contributed by atoms with Crippen LogP contribution >= 0.6 is 47.2 Å². The van der Waals surface area contributed by atoms with Crippen LogP contribution in [-0.4, -0.2) is 16.8 Å². The van der Waals surface area contributed by atoms with Gasteiger partial charge in [0, 0.05) is 21.3 Å². The standard InChI is InChI=1S/C21H17Cl2N3OS2/c22-14-9-10-19(18(23)11-14)26-20(27)13-29-17-8-4-7-16(12-17)25-21(28)24-15-5-2-1-3-6-15/h1-12H,13H2,(H,26,27)(H2,24,25,28). The molecule has 0 aromatic heterocycles. The van der Waals surface area contributed by atoms with Gasteiger partial charge in [-0.3, -0.25) is 4.79 Å². The van der Waals surface area contributed by atoms with Crippen LogP contribution in [0.2, 0.25) is 10.0 Å². The molecule has 0 radical (unpaired) electrons. The van der Waals surface area contributed by atoms with Crippen LogP contribution in [0, 0.1) is 0 Å². The van der Waals surface area contributed by atoms with E-state index < -0.39 is 0 Å². The van der Waals surface area contributed by atoms with Crippen molar-refractivity contribution >= 4 is 75.3 Å². The van der Waals surface area contributed by atoms with Crippen molar-refractivity contribution in [1.29, 1.82) is 0 Å². The van der Waals surface area contributed by atoms with E-state index in [2.05, 4.69) is 16.0 Å². The van der Waals surface area contributed by atoms with Crippen molar-refractivity contribution in [2.24, 2.45) is 0 Å². The second-order valence-electron chi connectivity index (χ2n) is 5.93. The Balaban J connectivity index is 1.52. The zero-order chi connectivity index (χ0) is 20.6. The number of benzene rings is 3. The molecule has 0 aliphatic heterocycles. The van der Waals surface area contributed by atoms with Crippen LogP contribution in [0.1, 0.15) is 0 Å². The summed E-state index contributed by atoms with van der Waals surface area (Å²) in [5.41, 5.74) is 2.28. The van der Waals surface area contributed by atoms with Crippen molar-refractivity contribution in [2.75, 3.05) is 21.7 Å². The van der Waals surface area contributed by atoms with Gasteiger partial charge in [0.05, 0.1) is 16.5 Å². The maximum atomic E-state index is 12.2. The number of rotatable bonds is 6. The van der Waals surface area contributed by atoms with E-state index in [-0.39, 0.29) is 11.7 Å². The van der Waals surface area contributed by atoms with Gasteiger partial charge in [0.2, 0.25) is 5.91 Å². The van der Waals surface area contributed by atoms with E-state index >= 15 is 0 Å². The van der Waals surface area contributed by atoms with Crippen molar-refractivity contribution in [2.45, 2.75) is 4.90 Å². The molecule has 3 aromatic rings. The van der Waals surface area contributed by atoms with Crippen LogP contribution in [0.3, 0.4) is 0 Å². The lowest BCUT2D eigenvalue weighted by molar-refractivity contribution is -0.113. The Morgan fingerprint density at radius 1 is 0.862 bits per heavy atom. The highest BCUT2D eigenvalue weighted by atomic mass is 35.5. The summed E-state index contributed by atoms with van der Waals surface area (Å²) in [5, 5.41) is 10.5. The number of anilines is 3. The monoisotopic (exact) mass is 461 g/mol. The average molecular weight is 462 g/mol. The van der Waals surface area contributed by atoms with Gasteiger partial charge >= 0.3 is 0 Å². The number of thioether (sulfide) groups is 1. The molecule has 0 unspecified atom stereocenters. The Labute approximate surface area is 189 Å². The third-order valence-electron chi connectivity index (χ3n) is 3.70. The molecular weight excluding hydrogens is 445 g/mol. The maximum Gasteiger partial charge on any atom is 0.234 e. The molecule has 3 aromatic carbocycles. The number of thiocarbonyl (C=S) groups is 1. The Morgan fingerprint density at radius 2 is 1.59 bits per heavy atom. The molecule has 29 heavy (non-hydrogen) atoms. The first-order valence-corrected chi connectivity index (χ1v) is 10.8. The van der Waals surface area contributed by atoms with E-state index in [0.29, 0.717) is 20.8 Å². The minimum atomic E-state index is -0.154. The first kappa shape index (κ1) is 21.5. The van der Waals surface area contributed by atoms with Gasteiger partial charge in [-0.1, -0.05) is 47.5 Å². The SMILES string of the molecule is O=C(CSc1cccc(NC(=S)Nc2ccccc2)c1)Nc1ccc(Cl)cc1Cl. The molecule has 0 saturated carbocycles. The van der Waals surface area contributed by atoms with Crippen LogP contribution in [0.15, 0.2) is 77.7 Å². The molecule has 8 heteroatoms. The maximum absolute atomic E-state index is 12.2. The van der Waals surface area contributed by atoms with Crippen molar-refractivity contribution < 1.29 is 4.79 Å². The molecule has 0 spiro atoms. The van der Waals surface area contributed by atoms with Crippen LogP contribution in [0.25, 0.3) is 0 Å². The first-order chi connectivity index (χ1) is 14.0. The zero-order valence-corrected chi connectivity index (χ0v) is 18.3. The van der Waals surface area contributed by atoms with Crippen molar-refractivity contribution in [3.63, 3.8) is 0 Å². The fraction of sp³-hybridized carbons (Fsp3) is 0.0476. The number of nitrogens with one attached hydrogen (secondary N) is 3. The number of amides is 1. The summed E-state index contributed by atoms with van der Waals surface area (Å²) >= 11 is 18.7. The Morgan fingerprint density at radius 3 is 2.34 bits per heavy atom. The lowest BCUT2D eigenvalue weighted by atomic mass is 10.3. The highest BCUT2D eigenvalue weighted by Gasteiger charge is 2.08. The highest BCUT2D eigenvalue weighted by Crippen LogP contribution is 2.26. The quantitative estimate of drug-likeness (QED) is 0.287. The van der Waals surface area contributed by atoms with Gasteiger partial charge in [0.1, 0.15) is 0 Å². The Kier molecular flexibility index (Phi) is 7.77. The molecule has 0 saturated heterocycles. The molecule has 148 valence electrons. The third-order valence-corrected chi connectivity index (χ3v) is 5.44. The van der Waals surface area contributed by atoms with Gasteiger partial charge in [0.25, 0.3) is 0 Å². The van der Waals surface area contributed by atoms with Crippen molar-refractivity contribution in [1.82, 2.24) is 0 Å². The molecule has 4 nitrogen and oxygen atoms in total. The Hall–Kier alpha value is -2.25. The van der Waals surface area contributed by atoms with E-state index in [1.807, 2.05) is 54.6 Å². The summed E-state index contributed by atoms with van der Waals surface area (Å²) in [6.45, 7) is 0. The molecule has 0 atom stereocenters. The number of halogens is 2. The lowest BCUT2D eigenvalue weighted by Crippen LogP contribution is -2.19. The topological polar surface area (TPSA) is 53.2 Å². The number of carbonyl (C=O) groups is 1. The van der Waals surface area contributed by atoms with Gasteiger partial charge in [0.15, 0.2) is 5.11 Å². The minimum Gasteiger partial charge on any atom is -0.332 e. The van der Waals surface area contributed by atoms with Gasteiger partial charge in [-0.25, -0.2) is 0 Å². The van der Waals surface area contributed by atoms with E-state index in [0.717, 1.165) is 16.3 Å². The van der Waals surface area contributed by atoms with E-state index in [4.69, 9.17) is 35.4 Å². The van der Waals surface area contributed by atoms with Gasteiger partial charge in [-0.15, -0.1) is 11.8 Å². The average Bonchev–Trinajstić information content (AvgIpc) is 2.69. The molecule has 3 rings (SSSR count). The molecule has 0 heterocycles. The summed E-state index contributed by atoms with van der Waals surface area (Å²) in [4.78, 5) is 13.2. The summed E-state index contributed by atoms with van der Waals surface area (Å²) < 4.78 is 0. The fourth-order valence-corrected chi connectivity index (χ4v) is 3.85. The van der Waals surface area contributed by atoms with Crippen LogP contribution in [-0.2, 0) is 4.79 Å². The largest absolute Gasteiger partial charge is 0.332 e. The van der Waals surface area contributed by atoms with E-state index in [9.17, 15) is 4.79 Å².